The lowest BCUT2D eigenvalue weighted by Crippen LogP contribution is -2.59. The number of carbonyl (C=O) groups is 2. The number of amides is 2. The largest absolute Gasteiger partial charge is 0.493 e. The Morgan fingerprint density at radius 1 is 1.05 bits per heavy atom. The summed E-state index contributed by atoms with van der Waals surface area (Å²) in [6.07, 6.45) is 0.563. The molecule has 13 heteroatoms. The van der Waals surface area contributed by atoms with E-state index in [1.807, 2.05) is 0 Å². The number of fused-ring (bicyclic) bond motifs is 1. The lowest BCUT2D eigenvalue weighted by molar-refractivity contribution is -0.141. The van der Waals surface area contributed by atoms with Crippen molar-refractivity contribution in [3.05, 3.63) is 81.8 Å². The van der Waals surface area contributed by atoms with Crippen LogP contribution in [0.3, 0.4) is 0 Å². The van der Waals surface area contributed by atoms with E-state index in [0.29, 0.717) is 10.7 Å². The molecule has 216 valence electrons. The fourth-order valence-electron chi connectivity index (χ4n) is 5.48. The summed E-state index contributed by atoms with van der Waals surface area (Å²) in [7, 11) is -11.2. The minimum Gasteiger partial charge on any atom is -0.493 e. The topological polar surface area (TPSA) is 139 Å². The quantitative estimate of drug-likeness (QED) is 0.410. The number of primary amides is 1. The lowest BCUT2D eigenvalue weighted by atomic mass is 9.82. The monoisotopic (exact) mass is 625 g/mol. The van der Waals surface area contributed by atoms with Gasteiger partial charge in [-0.25, -0.2) is 12.7 Å². The molecule has 3 aromatic rings. The number of methoxy groups -OCH3 is 2. The number of benzene rings is 3. The first kappa shape index (κ1) is 22.1. The normalized spacial score (nSPS) is 24.8. The second kappa shape index (κ2) is 10.7. The van der Waals surface area contributed by atoms with Gasteiger partial charge in [-0.1, -0.05) is 41.4 Å². The maximum Gasteiger partial charge on any atom is 0.265 e. The summed E-state index contributed by atoms with van der Waals surface area (Å²) < 4.78 is 84.6. The summed E-state index contributed by atoms with van der Waals surface area (Å²) in [6, 6.07) is 9.21. The number of hydrogen-bond donors (Lipinski definition) is 2. The first-order chi connectivity index (χ1) is 21.8. The number of hydrogen-bond acceptors (Lipinski definition) is 7. The van der Waals surface area contributed by atoms with Crippen LogP contribution in [0.25, 0.3) is 0 Å². The van der Waals surface area contributed by atoms with Crippen LogP contribution in [0.5, 0.6) is 11.5 Å². The molecule has 5 rings (SSSR count). The second-order valence-electron chi connectivity index (χ2n) is 9.52. The van der Waals surface area contributed by atoms with Crippen molar-refractivity contribution in [2.45, 2.75) is 35.4 Å². The molecule has 0 aliphatic carbocycles. The third-order valence-electron chi connectivity index (χ3n) is 7.31. The smallest absolute Gasteiger partial charge is 0.265 e. The molecule has 3 aromatic carbocycles. The highest BCUT2D eigenvalue weighted by atomic mass is 35.5. The Labute approximate surface area is 255 Å². The minimum atomic E-state index is -4.99. The van der Waals surface area contributed by atoms with Crippen molar-refractivity contribution in [2.24, 2.45) is 5.73 Å². The second-order valence-corrected chi connectivity index (χ2v) is 12.2. The van der Waals surface area contributed by atoms with Crippen LogP contribution < -0.4 is 19.5 Å². The average Bonchev–Trinajstić information content (AvgIpc) is 3.55. The van der Waals surface area contributed by atoms with E-state index in [-0.39, 0.29) is 39.8 Å². The Morgan fingerprint density at radius 2 is 1.78 bits per heavy atom. The summed E-state index contributed by atoms with van der Waals surface area (Å²) in [5, 5.41) is 12.8. The van der Waals surface area contributed by atoms with E-state index >= 15 is 0 Å². The molecule has 2 amide bonds. The molecule has 1 saturated heterocycles. The van der Waals surface area contributed by atoms with Gasteiger partial charge < -0.3 is 25.2 Å². The van der Waals surface area contributed by atoms with E-state index in [2.05, 4.69) is 0 Å². The standard InChI is InChI=1S/C28H27Cl2N3O7S/c1-39-23-12-10-17(15-24(23)40-2)41(37,38)33-21-11-9-16(29)14-19(21)28(36,18-6-3-4-7-20(18)30)25(33)27(35)32-13-5-8-22(32)26(31)34/h3-4,6-7,9-12,14-15,22,25,36H,5,8,13H2,1-2H3,(H2,31,34)/t22-,25-,28+/m0/s1/i1D3,2D3. The molecule has 0 radical (unpaired) electrons. The number of halogens is 2. The molecule has 0 unspecified atom stereocenters. The number of ether oxygens (including phenoxy) is 2. The highest BCUT2D eigenvalue weighted by Gasteiger charge is 2.61. The fourth-order valence-corrected chi connectivity index (χ4v) is 7.59. The molecule has 3 N–H and O–H groups in total. The zero-order valence-electron chi connectivity index (χ0n) is 27.1. The SMILES string of the molecule is [2H]C([2H])([2H])Oc1ccc(S(=O)(=O)N2c3ccc(Cl)cc3[C@](O)(c3ccccc3Cl)[C@@H]2C(=O)N2CCC[C@H]2C(N)=O)cc1OC([2H])([2H])[2H]. The first-order valence-corrected chi connectivity index (χ1v) is 14.4. The predicted molar refractivity (Wildman–Crippen MR) is 153 cm³/mol. The molecule has 41 heavy (non-hydrogen) atoms. The van der Waals surface area contributed by atoms with Crippen LogP contribution in [0.4, 0.5) is 5.69 Å². The number of sulfonamides is 1. The molecule has 2 heterocycles. The van der Waals surface area contributed by atoms with Gasteiger partial charge in [-0.2, -0.15) is 0 Å². The first-order valence-electron chi connectivity index (χ1n) is 15.2. The van der Waals surface area contributed by atoms with Gasteiger partial charge in [-0.3, -0.25) is 9.59 Å². The molecule has 0 saturated carbocycles. The summed E-state index contributed by atoms with van der Waals surface area (Å²) >= 11 is 12.9. The van der Waals surface area contributed by atoms with Gasteiger partial charge in [0.2, 0.25) is 5.91 Å². The van der Waals surface area contributed by atoms with Crippen LogP contribution in [-0.2, 0) is 25.2 Å². The van der Waals surface area contributed by atoms with Gasteiger partial charge in [0.15, 0.2) is 17.5 Å². The van der Waals surface area contributed by atoms with E-state index in [1.54, 1.807) is 6.07 Å². The number of likely N-dealkylation sites (tertiary alicyclic amines) is 1. The number of rotatable bonds is 7. The molecular weight excluding hydrogens is 593 g/mol. The summed E-state index contributed by atoms with van der Waals surface area (Å²) in [4.78, 5) is 27.3. The molecule has 1 fully saturated rings. The van der Waals surface area contributed by atoms with Crippen molar-refractivity contribution in [2.75, 3.05) is 24.9 Å². The van der Waals surface area contributed by atoms with Crippen LogP contribution in [0.2, 0.25) is 10.0 Å². The molecule has 2 aliphatic heterocycles. The van der Waals surface area contributed by atoms with Crippen LogP contribution in [0.15, 0.2) is 65.6 Å². The van der Waals surface area contributed by atoms with Crippen LogP contribution in [0, 0.1) is 0 Å². The fraction of sp³-hybridized carbons (Fsp3) is 0.286. The van der Waals surface area contributed by atoms with Gasteiger partial charge in [0.25, 0.3) is 15.9 Å². The number of carbonyl (C=O) groups excluding carboxylic acids is 2. The molecule has 3 atom stereocenters. The van der Waals surface area contributed by atoms with Gasteiger partial charge >= 0.3 is 0 Å². The Bertz CT molecular complexity index is 1860. The van der Waals surface area contributed by atoms with Crippen molar-refractivity contribution in [1.29, 1.82) is 0 Å². The Balaban J connectivity index is 1.78. The lowest BCUT2D eigenvalue weighted by Gasteiger charge is -2.38. The maximum absolute atomic E-state index is 14.7. The third kappa shape index (κ3) is 4.57. The number of nitrogens with zero attached hydrogens (tertiary/aromatic N) is 2. The van der Waals surface area contributed by atoms with E-state index in [9.17, 15) is 23.1 Å². The van der Waals surface area contributed by atoms with Gasteiger partial charge in [0, 0.05) is 33.8 Å². The van der Waals surface area contributed by atoms with E-state index in [1.165, 1.54) is 36.4 Å². The van der Waals surface area contributed by atoms with Gasteiger partial charge in [-0.15, -0.1) is 0 Å². The summed E-state index contributed by atoms with van der Waals surface area (Å²) in [5.74, 6) is -3.17. The molecule has 0 spiro atoms. The van der Waals surface area contributed by atoms with Crippen molar-refractivity contribution in [3.63, 3.8) is 0 Å². The Kier molecular flexibility index (Phi) is 5.79. The molecular formula is C28H27Cl2N3O7S. The van der Waals surface area contributed by atoms with E-state index in [0.717, 1.165) is 23.1 Å². The average molecular weight is 627 g/mol. The third-order valence-corrected chi connectivity index (χ3v) is 9.65. The number of anilines is 1. The maximum atomic E-state index is 14.7. The predicted octanol–water partition coefficient (Wildman–Crippen LogP) is 3.30. The summed E-state index contributed by atoms with van der Waals surface area (Å²) in [6.45, 7) is 0.0181. The van der Waals surface area contributed by atoms with E-state index < -0.39 is 70.0 Å². The molecule has 2 aliphatic rings. The van der Waals surface area contributed by atoms with E-state index in [4.69, 9.17) is 46.6 Å². The number of nitrogens with two attached hydrogens (primary N) is 1. The van der Waals surface area contributed by atoms with Gasteiger partial charge in [-0.05, 0) is 49.2 Å². The van der Waals surface area contributed by atoms with Gasteiger partial charge in [0.05, 0.1) is 32.9 Å². The summed E-state index contributed by atoms with van der Waals surface area (Å²) in [5.41, 5.74) is 2.74. The van der Waals surface area contributed by atoms with Crippen molar-refractivity contribution >= 4 is 50.7 Å². The minimum absolute atomic E-state index is 0.0181. The molecule has 0 bridgehead atoms. The zero-order chi connectivity index (χ0) is 34.7. The van der Waals surface area contributed by atoms with Crippen molar-refractivity contribution in [3.8, 4) is 11.5 Å². The van der Waals surface area contributed by atoms with Gasteiger partial charge in [0.1, 0.15) is 11.6 Å². The van der Waals surface area contributed by atoms with Crippen LogP contribution >= 0.6 is 23.2 Å². The highest BCUT2D eigenvalue weighted by molar-refractivity contribution is 7.93. The van der Waals surface area contributed by atoms with Crippen molar-refractivity contribution in [1.82, 2.24) is 4.90 Å². The molecule has 10 nitrogen and oxygen atoms in total. The van der Waals surface area contributed by atoms with Crippen LogP contribution in [0.1, 0.15) is 32.2 Å². The highest BCUT2D eigenvalue weighted by Crippen LogP contribution is 2.53. The number of aliphatic hydroxyl groups is 1. The zero-order valence-corrected chi connectivity index (χ0v) is 23.4. The van der Waals surface area contributed by atoms with Crippen molar-refractivity contribution < 1.29 is 40.8 Å². The molecule has 0 aromatic heterocycles. The Morgan fingerprint density at radius 3 is 2.49 bits per heavy atom. The van der Waals surface area contributed by atoms with Crippen LogP contribution in [-0.4, -0.2) is 62.9 Å². The Hall–Kier alpha value is -3.51.